The quantitative estimate of drug-likeness (QED) is 0.256. The van der Waals surface area contributed by atoms with Crippen LogP contribution in [-0.2, 0) is 6.54 Å². The number of likely N-dealkylation sites (tertiary alicyclic amines) is 1. The second kappa shape index (κ2) is 12.0. The lowest BCUT2D eigenvalue weighted by Gasteiger charge is -2.41. The molecule has 7 heteroatoms. The van der Waals surface area contributed by atoms with Gasteiger partial charge < -0.3 is 19.5 Å². The normalized spacial score (nSPS) is 15.5. The van der Waals surface area contributed by atoms with Crippen LogP contribution in [0.5, 0.6) is 0 Å². The molecule has 1 aromatic heterocycles. The number of amides is 2. The topological polar surface area (TPSA) is 61.6 Å². The van der Waals surface area contributed by atoms with Gasteiger partial charge in [-0.3, -0.25) is 0 Å². The summed E-state index contributed by atoms with van der Waals surface area (Å²) in [6.45, 7) is 9.28. The first-order valence-electron chi connectivity index (χ1n) is 13.9. The minimum absolute atomic E-state index is 0.115. The van der Waals surface area contributed by atoms with Crippen molar-refractivity contribution in [1.82, 2.24) is 14.8 Å². The molecule has 0 radical (unpaired) electrons. The third-order valence-electron chi connectivity index (χ3n) is 7.57. The molecular weight excluding hydrogens is 491 g/mol. The van der Waals surface area contributed by atoms with Crippen molar-refractivity contribution in [2.24, 2.45) is 5.92 Å². The Hall–Kier alpha value is -3.71. The van der Waals surface area contributed by atoms with E-state index >= 15 is 0 Å². The zero-order valence-electron chi connectivity index (χ0n) is 22.9. The molecule has 0 spiro atoms. The van der Waals surface area contributed by atoms with Gasteiger partial charge in [-0.05, 0) is 68.0 Å². The van der Waals surface area contributed by atoms with E-state index in [1.165, 1.54) is 12.5 Å². The molecule has 1 unspecified atom stereocenters. The Morgan fingerprint density at radius 3 is 2.49 bits per heavy atom. The summed E-state index contributed by atoms with van der Waals surface area (Å²) in [6.07, 6.45) is 3.01. The van der Waals surface area contributed by atoms with E-state index in [4.69, 9.17) is 4.42 Å². The number of urea groups is 1. The van der Waals surface area contributed by atoms with E-state index < -0.39 is 5.82 Å². The summed E-state index contributed by atoms with van der Waals surface area (Å²) >= 11 is 0. The van der Waals surface area contributed by atoms with Gasteiger partial charge in [-0.1, -0.05) is 56.3 Å². The van der Waals surface area contributed by atoms with Crippen LogP contribution in [0.25, 0.3) is 22.6 Å². The number of halogens is 1. The molecule has 5 rings (SSSR count). The van der Waals surface area contributed by atoms with Crippen molar-refractivity contribution >= 4 is 22.8 Å². The van der Waals surface area contributed by atoms with E-state index in [0.29, 0.717) is 35.3 Å². The van der Waals surface area contributed by atoms with Gasteiger partial charge in [-0.2, -0.15) is 0 Å². The number of benzene rings is 3. The van der Waals surface area contributed by atoms with E-state index in [2.05, 4.69) is 36.0 Å². The van der Waals surface area contributed by atoms with E-state index in [1.54, 1.807) is 18.2 Å². The average Bonchev–Trinajstić information content (AvgIpc) is 3.37. The van der Waals surface area contributed by atoms with Gasteiger partial charge >= 0.3 is 6.03 Å². The first kappa shape index (κ1) is 26.9. The minimum Gasteiger partial charge on any atom is -0.436 e. The van der Waals surface area contributed by atoms with Crippen molar-refractivity contribution in [1.29, 1.82) is 0 Å². The van der Waals surface area contributed by atoms with Crippen LogP contribution in [0.15, 0.2) is 77.2 Å². The molecule has 1 saturated heterocycles. The summed E-state index contributed by atoms with van der Waals surface area (Å²) in [7, 11) is 0. The lowest BCUT2D eigenvalue weighted by molar-refractivity contribution is 0.0950. The highest BCUT2D eigenvalue weighted by Crippen LogP contribution is 2.29. The molecule has 204 valence electrons. The number of fused-ring (bicyclic) bond motifs is 1. The third-order valence-corrected chi connectivity index (χ3v) is 7.57. The van der Waals surface area contributed by atoms with E-state index in [-0.39, 0.29) is 23.5 Å². The lowest BCUT2D eigenvalue weighted by Crippen LogP contribution is -2.50. The van der Waals surface area contributed by atoms with Crippen LogP contribution >= 0.6 is 0 Å². The van der Waals surface area contributed by atoms with E-state index in [1.807, 2.05) is 53.4 Å². The largest absolute Gasteiger partial charge is 0.436 e. The lowest BCUT2D eigenvalue weighted by atomic mass is 9.98. The molecule has 3 aromatic carbocycles. The molecule has 1 aliphatic rings. The Labute approximate surface area is 229 Å². The number of carbonyl (C=O) groups is 1. The summed E-state index contributed by atoms with van der Waals surface area (Å²) in [5.74, 6) is 0.394. The van der Waals surface area contributed by atoms with Crippen LogP contribution in [0, 0.1) is 11.7 Å². The fourth-order valence-electron chi connectivity index (χ4n) is 5.57. The standard InChI is InChI=1S/C32H37FN4O2/c1-22(2)19-23(3)36-17-15-26(16-18-36)37(21-24-9-5-4-6-10-24)32(38)34-25-13-14-28(33)27(20-25)31-35-29-11-7-8-12-30(29)39-31/h4-14,20,22-23,26H,15-19,21H2,1-3H3,(H,34,38). The van der Waals surface area contributed by atoms with Gasteiger partial charge in [-0.15, -0.1) is 0 Å². The van der Waals surface area contributed by atoms with Crippen molar-refractivity contribution in [3.63, 3.8) is 0 Å². The zero-order valence-corrected chi connectivity index (χ0v) is 22.9. The molecule has 0 aliphatic carbocycles. The fourth-order valence-corrected chi connectivity index (χ4v) is 5.57. The molecular formula is C32H37FN4O2. The molecule has 0 bridgehead atoms. The van der Waals surface area contributed by atoms with Gasteiger partial charge in [0.15, 0.2) is 5.58 Å². The van der Waals surface area contributed by atoms with Crippen LogP contribution in [0.1, 0.15) is 45.6 Å². The van der Waals surface area contributed by atoms with Crippen molar-refractivity contribution in [2.45, 2.75) is 58.7 Å². The number of rotatable bonds is 8. The maximum absolute atomic E-state index is 14.8. The highest BCUT2D eigenvalue weighted by atomic mass is 19.1. The maximum atomic E-state index is 14.8. The number of nitrogens with zero attached hydrogens (tertiary/aromatic N) is 3. The smallest absolute Gasteiger partial charge is 0.322 e. The maximum Gasteiger partial charge on any atom is 0.322 e. The Kier molecular flexibility index (Phi) is 8.27. The SMILES string of the molecule is CC(C)CC(C)N1CCC(N(Cc2ccccc2)C(=O)Nc2ccc(F)c(-c3nc4ccccc4o3)c2)CC1. The number of para-hydroxylation sites is 2. The zero-order chi connectivity index (χ0) is 27.4. The summed E-state index contributed by atoms with van der Waals surface area (Å²) < 4.78 is 20.6. The summed E-state index contributed by atoms with van der Waals surface area (Å²) in [6, 6.07) is 22.4. The molecule has 1 atom stereocenters. The second-order valence-corrected chi connectivity index (χ2v) is 11.0. The Morgan fingerprint density at radius 2 is 1.77 bits per heavy atom. The number of aromatic nitrogens is 1. The first-order valence-corrected chi connectivity index (χ1v) is 13.9. The highest BCUT2D eigenvalue weighted by molar-refractivity contribution is 5.90. The molecule has 2 heterocycles. The molecule has 1 fully saturated rings. The monoisotopic (exact) mass is 528 g/mol. The highest BCUT2D eigenvalue weighted by Gasteiger charge is 2.30. The van der Waals surface area contributed by atoms with Gasteiger partial charge in [0, 0.05) is 37.4 Å². The number of carbonyl (C=O) groups excluding carboxylic acids is 1. The summed E-state index contributed by atoms with van der Waals surface area (Å²) in [5.41, 5.74) is 3.04. The molecule has 1 N–H and O–H groups in total. The van der Waals surface area contributed by atoms with Crippen LogP contribution in [0.4, 0.5) is 14.9 Å². The second-order valence-electron chi connectivity index (χ2n) is 11.0. The molecule has 1 aliphatic heterocycles. The molecule has 39 heavy (non-hydrogen) atoms. The van der Waals surface area contributed by atoms with Crippen molar-refractivity contribution < 1.29 is 13.6 Å². The summed E-state index contributed by atoms with van der Waals surface area (Å²) in [5, 5.41) is 3.03. The number of hydrogen-bond acceptors (Lipinski definition) is 4. The van der Waals surface area contributed by atoms with Crippen LogP contribution in [0.2, 0.25) is 0 Å². The molecule has 0 saturated carbocycles. The van der Waals surface area contributed by atoms with Crippen molar-refractivity contribution in [3.8, 4) is 11.5 Å². The first-order chi connectivity index (χ1) is 18.9. The third kappa shape index (κ3) is 6.48. The van der Waals surface area contributed by atoms with Gasteiger partial charge in [0.2, 0.25) is 5.89 Å². The number of oxazole rings is 1. The van der Waals surface area contributed by atoms with Crippen LogP contribution < -0.4 is 5.32 Å². The van der Waals surface area contributed by atoms with Crippen molar-refractivity contribution in [3.05, 3.63) is 84.2 Å². The van der Waals surface area contributed by atoms with E-state index in [0.717, 1.165) is 31.5 Å². The number of anilines is 1. The van der Waals surface area contributed by atoms with Gasteiger partial charge in [0.25, 0.3) is 0 Å². The predicted molar refractivity (Wildman–Crippen MR) is 154 cm³/mol. The predicted octanol–water partition coefficient (Wildman–Crippen LogP) is 7.57. The number of hydrogen-bond donors (Lipinski definition) is 1. The number of nitrogens with one attached hydrogen (secondary N) is 1. The van der Waals surface area contributed by atoms with Crippen LogP contribution in [0.3, 0.4) is 0 Å². The minimum atomic E-state index is -0.455. The fraction of sp³-hybridized carbons (Fsp3) is 0.375. The molecule has 6 nitrogen and oxygen atoms in total. The van der Waals surface area contributed by atoms with Gasteiger partial charge in [0.05, 0.1) is 5.56 Å². The van der Waals surface area contributed by atoms with Gasteiger partial charge in [-0.25, -0.2) is 14.2 Å². The Balaban J connectivity index is 1.34. The Morgan fingerprint density at radius 1 is 1.05 bits per heavy atom. The number of piperidine rings is 1. The summed E-state index contributed by atoms with van der Waals surface area (Å²) in [4.78, 5) is 22.6. The van der Waals surface area contributed by atoms with Crippen molar-refractivity contribution in [2.75, 3.05) is 18.4 Å². The van der Waals surface area contributed by atoms with Gasteiger partial charge in [0.1, 0.15) is 11.3 Å². The van der Waals surface area contributed by atoms with E-state index in [9.17, 15) is 9.18 Å². The average molecular weight is 529 g/mol. The molecule has 2 amide bonds. The van der Waals surface area contributed by atoms with Crippen LogP contribution in [-0.4, -0.2) is 46.0 Å². The Bertz CT molecular complexity index is 1360. The molecule has 4 aromatic rings.